The van der Waals surface area contributed by atoms with Crippen LogP contribution in [0, 0.1) is 5.82 Å². The van der Waals surface area contributed by atoms with Gasteiger partial charge < -0.3 is 4.90 Å². The van der Waals surface area contributed by atoms with Crippen LogP contribution in [0.15, 0.2) is 52.3 Å². The maximum atomic E-state index is 13.7. The van der Waals surface area contributed by atoms with Gasteiger partial charge in [0.2, 0.25) is 0 Å². The first kappa shape index (κ1) is 15.2. The highest BCUT2D eigenvalue weighted by Gasteiger charge is 2.29. The van der Waals surface area contributed by atoms with Crippen LogP contribution in [0.3, 0.4) is 0 Å². The minimum atomic E-state index is -0.147. The molecule has 1 fully saturated rings. The molecule has 2 aliphatic rings. The van der Waals surface area contributed by atoms with Crippen molar-refractivity contribution in [1.29, 1.82) is 0 Å². The average Bonchev–Trinajstić information content (AvgIpc) is 2.72. The van der Waals surface area contributed by atoms with E-state index in [0.717, 1.165) is 37.5 Å². The van der Waals surface area contributed by atoms with E-state index in [0.29, 0.717) is 6.04 Å². The van der Waals surface area contributed by atoms with Crippen molar-refractivity contribution in [2.75, 3.05) is 33.2 Å². The Morgan fingerprint density at radius 3 is 2.61 bits per heavy atom. The molecule has 2 nitrogen and oxygen atoms in total. The van der Waals surface area contributed by atoms with Gasteiger partial charge in [-0.05, 0) is 42.8 Å². The van der Waals surface area contributed by atoms with Crippen molar-refractivity contribution < 1.29 is 4.39 Å². The summed E-state index contributed by atoms with van der Waals surface area (Å²) in [4.78, 5) is 7.31. The minimum Gasteiger partial charge on any atom is -0.304 e. The SMILES string of the molecule is CN1CCN([C@@H]2Cc3ccc(F)cc3Sc3ccccc32)CC1. The van der Waals surface area contributed by atoms with Gasteiger partial charge in [0.1, 0.15) is 5.82 Å². The van der Waals surface area contributed by atoms with Gasteiger partial charge in [0.25, 0.3) is 0 Å². The summed E-state index contributed by atoms with van der Waals surface area (Å²) < 4.78 is 13.7. The number of hydrogen-bond acceptors (Lipinski definition) is 3. The standard InChI is InChI=1S/C19H21FN2S/c1-21-8-10-22(11-9-21)17-12-14-6-7-15(20)13-19(14)23-18-5-3-2-4-16(17)18/h2-7,13,17H,8-12H2,1H3/t17-/m1/s1. The van der Waals surface area contributed by atoms with E-state index < -0.39 is 0 Å². The number of likely N-dealkylation sites (N-methyl/N-ethyl adjacent to an activating group) is 1. The summed E-state index contributed by atoms with van der Waals surface area (Å²) in [7, 11) is 2.19. The van der Waals surface area contributed by atoms with E-state index in [1.807, 2.05) is 6.07 Å². The molecule has 0 bridgehead atoms. The Morgan fingerprint density at radius 2 is 1.78 bits per heavy atom. The molecule has 0 spiro atoms. The first-order valence-electron chi connectivity index (χ1n) is 8.18. The highest BCUT2D eigenvalue weighted by atomic mass is 32.2. The Labute approximate surface area is 141 Å². The molecule has 120 valence electrons. The van der Waals surface area contributed by atoms with Gasteiger partial charge in [-0.1, -0.05) is 36.0 Å². The number of halogens is 1. The third kappa shape index (κ3) is 3.03. The normalized spacial score (nSPS) is 22.3. The highest BCUT2D eigenvalue weighted by molar-refractivity contribution is 7.99. The van der Waals surface area contributed by atoms with E-state index >= 15 is 0 Å². The van der Waals surface area contributed by atoms with Crippen molar-refractivity contribution in [3.05, 3.63) is 59.4 Å². The molecule has 23 heavy (non-hydrogen) atoms. The third-order valence-electron chi connectivity index (χ3n) is 4.92. The molecular weight excluding hydrogens is 307 g/mol. The molecule has 2 heterocycles. The minimum absolute atomic E-state index is 0.147. The number of rotatable bonds is 1. The molecular formula is C19H21FN2S. The van der Waals surface area contributed by atoms with E-state index in [2.05, 4.69) is 41.1 Å². The molecule has 4 rings (SSSR count). The number of hydrogen-bond donors (Lipinski definition) is 0. The van der Waals surface area contributed by atoms with Crippen LogP contribution in [-0.4, -0.2) is 43.0 Å². The summed E-state index contributed by atoms with van der Waals surface area (Å²) in [5, 5.41) is 0. The van der Waals surface area contributed by atoms with Crippen LogP contribution < -0.4 is 0 Å². The van der Waals surface area contributed by atoms with Crippen molar-refractivity contribution >= 4 is 11.8 Å². The zero-order chi connectivity index (χ0) is 15.8. The van der Waals surface area contributed by atoms with Gasteiger partial charge in [-0.15, -0.1) is 0 Å². The fourth-order valence-corrected chi connectivity index (χ4v) is 4.70. The molecule has 0 aromatic heterocycles. The van der Waals surface area contributed by atoms with Gasteiger partial charge in [-0.3, -0.25) is 4.90 Å². The van der Waals surface area contributed by atoms with Crippen LogP contribution in [0.25, 0.3) is 0 Å². The van der Waals surface area contributed by atoms with Crippen molar-refractivity contribution in [3.8, 4) is 0 Å². The summed E-state index contributed by atoms with van der Waals surface area (Å²) in [5.41, 5.74) is 2.65. The molecule has 0 radical (unpaired) electrons. The van der Waals surface area contributed by atoms with Gasteiger partial charge >= 0.3 is 0 Å². The molecule has 2 aromatic rings. The quantitative estimate of drug-likeness (QED) is 0.786. The lowest BCUT2D eigenvalue weighted by Crippen LogP contribution is -2.46. The van der Waals surface area contributed by atoms with E-state index in [4.69, 9.17) is 0 Å². The summed E-state index contributed by atoms with van der Waals surface area (Å²) in [6.07, 6.45) is 0.962. The second kappa shape index (κ2) is 6.27. The van der Waals surface area contributed by atoms with Crippen LogP contribution in [-0.2, 0) is 6.42 Å². The molecule has 4 heteroatoms. The highest BCUT2D eigenvalue weighted by Crippen LogP contribution is 2.43. The lowest BCUT2D eigenvalue weighted by molar-refractivity contribution is 0.110. The smallest absolute Gasteiger partial charge is 0.124 e. The Hall–Kier alpha value is -1.36. The first-order chi connectivity index (χ1) is 11.2. The Morgan fingerprint density at radius 1 is 1.00 bits per heavy atom. The molecule has 2 aromatic carbocycles. The Bertz CT molecular complexity index is 710. The van der Waals surface area contributed by atoms with Crippen molar-refractivity contribution in [1.82, 2.24) is 9.80 Å². The van der Waals surface area contributed by atoms with Gasteiger partial charge in [0.15, 0.2) is 0 Å². The van der Waals surface area contributed by atoms with Crippen molar-refractivity contribution in [2.45, 2.75) is 22.3 Å². The Kier molecular flexibility index (Phi) is 4.14. The monoisotopic (exact) mass is 328 g/mol. The number of piperazine rings is 1. The summed E-state index contributed by atoms with van der Waals surface area (Å²) >= 11 is 1.71. The van der Waals surface area contributed by atoms with Crippen LogP contribution in [0.2, 0.25) is 0 Å². The predicted octanol–water partition coefficient (Wildman–Crippen LogP) is 3.82. The fraction of sp³-hybridized carbons (Fsp3) is 0.368. The van der Waals surface area contributed by atoms with Crippen LogP contribution in [0.5, 0.6) is 0 Å². The topological polar surface area (TPSA) is 6.48 Å². The van der Waals surface area contributed by atoms with Crippen LogP contribution in [0.1, 0.15) is 17.2 Å². The zero-order valence-corrected chi connectivity index (χ0v) is 14.2. The first-order valence-corrected chi connectivity index (χ1v) is 9.00. The molecule has 2 aliphatic heterocycles. The lowest BCUT2D eigenvalue weighted by Gasteiger charge is -2.38. The molecule has 0 amide bonds. The van der Waals surface area contributed by atoms with Gasteiger partial charge in [-0.2, -0.15) is 0 Å². The molecule has 0 N–H and O–H groups in total. The van der Waals surface area contributed by atoms with E-state index in [1.165, 1.54) is 16.0 Å². The predicted molar refractivity (Wildman–Crippen MR) is 92.5 cm³/mol. The Balaban J connectivity index is 1.74. The summed E-state index contributed by atoms with van der Waals surface area (Å²) in [5.74, 6) is -0.147. The zero-order valence-electron chi connectivity index (χ0n) is 13.3. The molecule has 0 saturated carbocycles. The fourth-order valence-electron chi connectivity index (χ4n) is 3.54. The maximum absolute atomic E-state index is 13.7. The van der Waals surface area contributed by atoms with Crippen molar-refractivity contribution in [2.24, 2.45) is 0 Å². The van der Waals surface area contributed by atoms with Crippen LogP contribution >= 0.6 is 11.8 Å². The van der Waals surface area contributed by atoms with E-state index in [9.17, 15) is 4.39 Å². The van der Waals surface area contributed by atoms with Crippen LogP contribution in [0.4, 0.5) is 4.39 Å². The number of nitrogens with zero attached hydrogens (tertiary/aromatic N) is 2. The lowest BCUT2D eigenvalue weighted by atomic mass is 9.96. The number of fused-ring (bicyclic) bond motifs is 2. The second-order valence-electron chi connectivity index (χ2n) is 6.45. The van der Waals surface area contributed by atoms with Crippen molar-refractivity contribution in [3.63, 3.8) is 0 Å². The van der Waals surface area contributed by atoms with E-state index in [-0.39, 0.29) is 5.82 Å². The average molecular weight is 328 g/mol. The van der Waals surface area contributed by atoms with Gasteiger partial charge in [0, 0.05) is 42.0 Å². The van der Waals surface area contributed by atoms with E-state index in [1.54, 1.807) is 23.9 Å². The molecule has 1 saturated heterocycles. The maximum Gasteiger partial charge on any atom is 0.124 e. The molecule has 1 atom stereocenters. The largest absolute Gasteiger partial charge is 0.304 e. The second-order valence-corrected chi connectivity index (χ2v) is 7.53. The van der Waals surface area contributed by atoms with Gasteiger partial charge in [0.05, 0.1) is 0 Å². The summed E-state index contributed by atoms with van der Waals surface area (Å²) in [6, 6.07) is 14.2. The summed E-state index contributed by atoms with van der Waals surface area (Å²) in [6.45, 7) is 4.41. The third-order valence-corrected chi connectivity index (χ3v) is 6.11. The van der Waals surface area contributed by atoms with Gasteiger partial charge in [-0.25, -0.2) is 4.39 Å². The molecule has 0 aliphatic carbocycles. The number of benzene rings is 2. The molecule has 0 unspecified atom stereocenters.